The van der Waals surface area contributed by atoms with E-state index in [1.54, 1.807) is 0 Å². The number of nitrogens with zero attached hydrogens (tertiary/aromatic N) is 1. The van der Waals surface area contributed by atoms with E-state index in [2.05, 4.69) is 22.9 Å². The first kappa shape index (κ1) is 20.9. The smallest absolute Gasteiger partial charge is 0.222 e. The van der Waals surface area contributed by atoms with Crippen LogP contribution in [0, 0.1) is 0 Å². The molecular weight excluding hydrogens is 326 g/mol. The van der Waals surface area contributed by atoms with Crippen molar-refractivity contribution in [2.24, 2.45) is 0 Å². The van der Waals surface area contributed by atoms with Crippen LogP contribution >= 0.6 is 15.9 Å². The summed E-state index contributed by atoms with van der Waals surface area (Å²) in [5, 5.41) is 1.07. The summed E-state index contributed by atoms with van der Waals surface area (Å²) in [5.41, 5.74) is 0. The summed E-state index contributed by atoms with van der Waals surface area (Å²) in [6.45, 7) is 3.18. The molecule has 0 aliphatic heterocycles. The maximum absolute atomic E-state index is 11.9. The van der Waals surface area contributed by atoms with Crippen LogP contribution in [0.25, 0.3) is 0 Å². The van der Waals surface area contributed by atoms with Gasteiger partial charge in [-0.2, -0.15) is 0 Å². The lowest BCUT2D eigenvalue weighted by molar-refractivity contribution is -0.130. The third-order valence-electron chi connectivity index (χ3n) is 4.05. The lowest BCUT2D eigenvalue weighted by Gasteiger charge is -2.16. The van der Waals surface area contributed by atoms with Gasteiger partial charge in [0.1, 0.15) is 0 Å². The number of carbonyl (C=O) groups is 1. The topological polar surface area (TPSA) is 20.3 Å². The van der Waals surface area contributed by atoms with Crippen LogP contribution in [0.2, 0.25) is 0 Å². The molecule has 2 nitrogen and oxygen atoms in total. The molecule has 0 aliphatic carbocycles. The SMILES string of the molecule is CCCCCCCCCCCC(=O)N(C)CCCCCBr. The zero-order valence-corrected chi connectivity index (χ0v) is 15.9. The highest BCUT2D eigenvalue weighted by atomic mass is 79.9. The Balaban J connectivity index is 3.32. The van der Waals surface area contributed by atoms with Crippen LogP contribution in [-0.2, 0) is 4.79 Å². The molecule has 0 aromatic heterocycles. The van der Waals surface area contributed by atoms with Gasteiger partial charge in [0.05, 0.1) is 0 Å². The van der Waals surface area contributed by atoms with Gasteiger partial charge >= 0.3 is 0 Å². The van der Waals surface area contributed by atoms with E-state index in [4.69, 9.17) is 0 Å². The van der Waals surface area contributed by atoms with Gasteiger partial charge in [-0.25, -0.2) is 0 Å². The molecule has 0 aromatic carbocycles. The maximum atomic E-state index is 11.9. The molecule has 1 amide bonds. The van der Waals surface area contributed by atoms with Gasteiger partial charge in [0.2, 0.25) is 5.91 Å². The van der Waals surface area contributed by atoms with E-state index in [0.717, 1.165) is 31.1 Å². The molecule has 0 saturated carbocycles. The third kappa shape index (κ3) is 14.6. The third-order valence-corrected chi connectivity index (χ3v) is 4.61. The summed E-state index contributed by atoms with van der Waals surface area (Å²) in [6, 6.07) is 0. The lowest BCUT2D eigenvalue weighted by Crippen LogP contribution is -2.27. The number of hydrogen-bond donors (Lipinski definition) is 0. The van der Waals surface area contributed by atoms with E-state index in [9.17, 15) is 4.79 Å². The molecule has 0 rings (SSSR count). The van der Waals surface area contributed by atoms with E-state index in [1.165, 1.54) is 64.2 Å². The van der Waals surface area contributed by atoms with Crippen molar-refractivity contribution >= 4 is 21.8 Å². The molecule has 0 radical (unpaired) electrons. The Morgan fingerprint density at radius 2 is 1.33 bits per heavy atom. The Labute approximate surface area is 141 Å². The van der Waals surface area contributed by atoms with E-state index in [0.29, 0.717) is 5.91 Å². The first-order valence-corrected chi connectivity index (χ1v) is 10.1. The van der Waals surface area contributed by atoms with E-state index in [1.807, 2.05) is 11.9 Å². The van der Waals surface area contributed by atoms with Crippen molar-refractivity contribution in [1.29, 1.82) is 0 Å². The zero-order valence-electron chi connectivity index (χ0n) is 14.3. The van der Waals surface area contributed by atoms with Gasteiger partial charge in [0.15, 0.2) is 0 Å². The fourth-order valence-electron chi connectivity index (χ4n) is 2.52. The Hall–Kier alpha value is -0.0500. The lowest BCUT2D eigenvalue weighted by atomic mass is 10.1. The van der Waals surface area contributed by atoms with E-state index in [-0.39, 0.29) is 0 Å². The normalized spacial score (nSPS) is 10.8. The number of halogens is 1. The Bertz CT molecular complexity index is 233. The fraction of sp³-hybridized carbons (Fsp3) is 0.944. The summed E-state index contributed by atoms with van der Waals surface area (Å²) in [7, 11) is 1.95. The first-order chi connectivity index (χ1) is 10.2. The molecule has 0 atom stereocenters. The molecule has 21 heavy (non-hydrogen) atoms. The summed E-state index contributed by atoms with van der Waals surface area (Å²) >= 11 is 3.44. The fourth-order valence-corrected chi connectivity index (χ4v) is 2.92. The van der Waals surface area contributed by atoms with Gasteiger partial charge in [0, 0.05) is 25.3 Å². The molecule has 0 unspecified atom stereocenters. The molecular formula is C18H36BrNO. The first-order valence-electron chi connectivity index (χ1n) is 9.02. The van der Waals surface area contributed by atoms with E-state index < -0.39 is 0 Å². The van der Waals surface area contributed by atoms with Gasteiger partial charge in [-0.05, 0) is 19.3 Å². The minimum atomic E-state index is 0.330. The molecule has 0 bridgehead atoms. The van der Waals surface area contributed by atoms with Crippen molar-refractivity contribution in [3.05, 3.63) is 0 Å². The summed E-state index contributed by atoms with van der Waals surface area (Å²) in [5.74, 6) is 0.330. The van der Waals surface area contributed by atoms with Gasteiger partial charge in [0.25, 0.3) is 0 Å². The average Bonchev–Trinajstić information content (AvgIpc) is 2.49. The second-order valence-electron chi connectivity index (χ2n) is 6.14. The quantitative estimate of drug-likeness (QED) is 0.261. The molecule has 0 heterocycles. The van der Waals surface area contributed by atoms with E-state index >= 15 is 0 Å². The van der Waals surface area contributed by atoms with Crippen LogP contribution in [-0.4, -0.2) is 29.7 Å². The number of alkyl halides is 1. The van der Waals surface area contributed by atoms with Gasteiger partial charge < -0.3 is 4.90 Å². The highest BCUT2D eigenvalue weighted by Gasteiger charge is 2.07. The van der Waals surface area contributed by atoms with Gasteiger partial charge in [-0.1, -0.05) is 80.6 Å². The van der Waals surface area contributed by atoms with Gasteiger partial charge in [-0.15, -0.1) is 0 Å². The number of rotatable bonds is 15. The summed E-state index contributed by atoms with van der Waals surface area (Å²) in [6.07, 6.45) is 16.1. The maximum Gasteiger partial charge on any atom is 0.222 e. The molecule has 0 aromatic rings. The Morgan fingerprint density at radius 1 is 0.810 bits per heavy atom. The predicted octanol–water partition coefficient (Wildman–Crippen LogP) is 5.93. The van der Waals surface area contributed by atoms with Crippen LogP contribution in [0.4, 0.5) is 0 Å². The number of carbonyl (C=O) groups excluding carboxylic acids is 1. The largest absolute Gasteiger partial charge is 0.346 e. The highest BCUT2D eigenvalue weighted by Crippen LogP contribution is 2.11. The predicted molar refractivity (Wildman–Crippen MR) is 97.1 cm³/mol. The highest BCUT2D eigenvalue weighted by molar-refractivity contribution is 9.09. The van der Waals surface area contributed by atoms with Crippen LogP contribution < -0.4 is 0 Å². The molecule has 0 fully saturated rings. The van der Waals surface area contributed by atoms with Crippen LogP contribution in [0.1, 0.15) is 90.4 Å². The summed E-state index contributed by atoms with van der Waals surface area (Å²) in [4.78, 5) is 13.8. The Kier molecular flexibility index (Phi) is 16.3. The number of hydrogen-bond acceptors (Lipinski definition) is 1. The van der Waals surface area contributed by atoms with Crippen LogP contribution in [0.3, 0.4) is 0 Å². The van der Waals surface area contributed by atoms with Gasteiger partial charge in [-0.3, -0.25) is 4.79 Å². The minimum Gasteiger partial charge on any atom is -0.346 e. The Morgan fingerprint density at radius 3 is 1.90 bits per heavy atom. The molecule has 0 aliphatic rings. The van der Waals surface area contributed by atoms with Crippen LogP contribution in [0.15, 0.2) is 0 Å². The van der Waals surface area contributed by atoms with Crippen molar-refractivity contribution in [3.63, 3.8) is 0 Å². The monoisotopic (exact) mass is 361 g/mol. The standard InChI is InChI=1S/C18H36BrNO/c1-3-4-5-6-7-8-9-10-12-15-18(21)20(2)17-14-11-13-16-19/h3-17H2,1-2H3. The number of unbranched alkanes of at least 4 members (excludes halogenated alkanes) is 10. The average molecular weight is 362 g/mol. The molecule has 0 N–H and O–H groups in total. The van der Waals surface area contributed by atoms with Crippen molar-refractivity contribution in [3.8, 4) is 0 Å². The van der Waals surface area contributed by atoms with Crippen molar-refractivity contribution < 1.29 is 4.79 Å². The van der Waals surface area contributed by atoms with Crippen molar-refractivity contribution in [1.82, 2.24) is 4.90 Å². The molecule has 0 spiro atoms. The second kappa shape index (κ2) is 16.3. The zero-order chi connectivity index (χ0) is 15.8. The van der Waals surface area contributed by atoms with Crippen molar-refractivity contribution in [2.75, 3.05) is 18.9 Å². The summed E-state index contributed by atoms with van der Waals surface area (Å²) < 4.78 is 0. The molecule has 3 heteroatoms. The molecule has 126 valence electrons. The molecule has 0 saturated heterocycles. The number of amides is 1. The van der Waals surface area contributed by atoms with Crippen molar-refractivity contribution in [2.45, 2.75) is 90.4 Å². The van der Waals surface area contributed by atoms with Crippen LogP contribution in [0.5, 0.6) is 0 Å². The minimum absolute atomic E-state index is 0.330. The second-order valence-corrected chi connectivity index (χ2v) is 6.94.